The van der Waals surface area contributed by atoms with Gasteiger partial charge in [-0.3, -0.25) is 4.79 Å². The van der Waals surface area contributed by atoms with Crippen LogP contribution in [0.25, 0.3) is 0 Å². The van der Waals surface area contributed by atoms with Gasteiger partial charge in [-0.1, -0.05) is 26.0 Å². The zero-order chi connectivity index (χ0) is 19.3. The molecule has 1 saturated heterocycles. The van der Waals surface area contributed by atoms with Crippen LogP contribution in [0.15, 0.2) is 12.2 Å². The monoisotopic (exact) mass is 368 g/mol. The van der Waals surface area contributed by atoms with Gasteiger partial charge in [0, 0.05) is 5.41 Å². The predicted octanol–water partition coefficient (Wildman–Crippen LogP) is 1.01. The first-order valence-electron chi connectivity index (χ1n) is 9.64. The third kappa shape index (κ3) is 2.91. The Bertz CT molecular complexity index is 577. The van der Waals surface area contributed by atoms with Gasteiger partial charge in [-0.05, 0) is 49.4 Å². The second-order valence-electron chi connectivity index (χ2n) is 9.05. The maximum absolute atomic E-state index is 11.9. The van der Waals surface area contributed by atoms with E-state index in [1.165, 1.54) is 0 Å². The van der Waals surface area contributed by atoms with Gasteiger partial charge >= 0.3 is 5.97 Å². The highest BCUT2D eigenvalue weighted by Gasteiger charge is 2.58. The topological polar surface area (TPSA) is 107 Å². The standard InChI is InChI=1S/C20H32O6/c1-11-4-5-15-19(2,7-6-16(24)20(15,3)10-21)12(11)8-13(22)17-14(23)9-26-18(17)25/h12-17,21-24H,1,4-10H2,2-3H3/t12-,13-,14-,15+,16-,17-,19-,20-/m1/s1. The average Bonchev–Trinajstić information content (AvgIpc) is 2.93. The Morgan fingerprint density at radius 1 is 1.31 bits per heavy atom. The molecule has 8 atom stereocenters. The summed E-state index contributed by atoms with van der Waals surface area (Å²) < 4.78 is 4.87. The zero-order valence-corrected chi connectivity index (χ0v) is 15.7. The van der Waals surface area contributed by atoms with E-state index in [0.29, 0.717) is 12.8 Å². The number of cyclic esters (lactones) is 1. The summed E-state index contributed by atoms with van der Waals surface area (Å²) in [6.45, 7) is 8.18. The number of hydrogen-bond acceptors (Lipinski definition) is 6. The smallest absolute Gasteiger partial charge is 0.314 e. The van der Waals surface area contributed by atoms with Gasteiger partial charge in [0.1, 0.15) is 18.6 Å². The predicted molar refractivity (Wildman–Crippen MR) is 95.0 cm³/mol. The highest BCUT2D eigenvalue weighted by atomic mass is 16.6. The van der Waals surface area contributed by atoms with E-state index in [1.54, 1.807) is 0 Å². The number of aliphatic hydroxyl groups excluding tert-OH is 4. The molecule has 0 aromatic carbocycles. The lowest BCUT2D eigenvalue weighted by molar-refractivity contribution is -0.158. The summed E-state index contributed by atoms with van der Waals surface area (Å²) in [5.41, 5.74) is 0.240. The number of ether oxygens (including phenoxy) is 1. The molecule has 2 saturated carbocycles. The maximum atomic E-state index is 11.9. The molecule has 3 rings (SSSR count). The van der Waals surface area contributed by atoms with E-state index in [9.17, 15) is 25.2 Å². The van der Waals surface area contributed by atoms with Crippen LogP contribution in [-0.4, -0.2) is 57.9 Å². The second kappa shape index (κ2) is 6.89. The van der Waals surface area contributed by atoms with E-state index < -0.39 is 35.6 Å². The first-order chi connectivity index (χ1) is 12.1. The van der Waals surface area contributed by atoms with Crippen LogP contribution in [0.1, 0.15) is 46.0 Å². The molecule has 1 heterocycles. The van der Waals surface area contributed by atoms with Crippen molar-refractivity contribution in [1.29, 1.82) is 0 Å². The van der Waals surface area contributed by atoms with Crippen LogP contribution >= 0.6 is 0 Å². The van der Waals surface area contributed by atoms with Crippen LogP contribution in [0.4, 0.5) is 0 Å². The largest absolute Gasteiger partial charge is 0.463 e. The minimum absolute atomic E-state index is 0.0322. The molecule has 0 bridgehead atoms. The van der Waals surface area contributed by atoms with E-state index in [4.69, 9.17) is 4.74 Å². The van der Waals surface area contributed by atoms with Gasteiger partial charge in [0.2, 0.25) is 0 Å². The lowest BCUT2D eigenvalue weighted by Gasteiger charge is -2.60. The van der Waals surface area contributed by atoms with Gasteiger partial charge in [-0.25, -0.2) is 0 Å². The molecule has 1 aliphatic heterocycles. The summed E-state index contributed by atoms with van der Waals surface area (Å²) >= 11 is 0. The van der Waals surface area contributed by atoms with Crippen molar-refractivity contribution in [1.82, 2.24) is 0 Å². The van der Waals surface area contributed by atoms with Gasteiger partial charge in [0.15, 0.2) is 0 Å². The van der Waals surface area contributed by atoms with Gasteiger partial charge in [0.25, 0.3) is 0 Å². The second-order valence-corrected chi connectivity index (χ2v) is 9.05. The molecule has 0 aromatic heterocycles. The summed E-state index contributed by atoms with van der Waals surface area (Å²) in [7, 11) is 0. The van der Waals surface area contributed by atoms with Crippen molar-refractivity contribution < 1.29 is 30.0 Å². The Hall–Kier alpha value is -0.950. The highest BCUT2D eigenvalue weighted by molar-refractivity contribution is 5.75. The van der Waals surface area contributed by atoms with Crippen LogP contribution in [-0.2, 0) is 9.53 Å². The minimum Gasteiger partial charge on any atom is -0.463 e. The van der Waals surface area contributed by atoms with Crippen molar-refractivity contribution in [3.05, 3.63) is 12.2 Å². The summed E-state index contributed by atoms with van der Waals surface area (Å²) in [6, 6.07) is 0. The Balaban J connectivity index is 1.86. The van der Waals surface area contributed by atoms with Crippen molar-refractivity contribution in [3.8, 4) is 0 Å². The summed E-state index contributed by atoms with van der Waals surface area (Å²) in [4.78, 5) is 11.9. The number of aliphatic hydroxyl groups is 4. The number of carbonyl (C=O) groups excluding carboxylic acids is 1. The Labute approximate surface area is 154 Å². The fourth-order valence-electron chi connectivity index (χ4n) is 5.96. The molecule has 148 valence electrons. The third-order valence-electron chi connectivity index (χ3n) is 7.67. The third-order valence-corrected chi connectivity index (χ3v) is 7.67. The number of fused-ring (bicyclic) bond motifs is 1. The summed E-state index contributed by atoms with van der Waals surface area (Å²) in [5, 5.41) is 41.2. The van der Waals surface area contributed by atoms with E-state index in [1.807, 2.05) is 6.92 Å². The molecule has 2 aliphatic carbocycles. The van der Waals surface area contributed by atoms with Crippen molar-refractivity contribution in [3.63, 3.8) is 0 Å². The minimum atomic E-state index is -0.996. The van der Waals surface area contributed by atoms with Crippen LogP contribution in [0, 0.1) is 28.6 Å². The molecule has 6 heteroatoms. The molecule has 3 fully saturated rings. The molecule has 6 nitrogen and oxygen atoms in total. The number of rotatable bonds is 4. The van der Waals surface area contributed by atoms with Crippen molar-refractivity contribution in [2.75, 3.05) is 13.2 Å². The molecule has 0 spiro atoms. The zero-order valence-electron chi connectivity index (χ0n) is 15.7. The van der Waals surface area contributed by atoms with Crippen LogP contribution < -0.4 is 0 Å². The SMILES string of the molecule is C=C1CC[C@H]2[C@](C)(CC[C@@H](O)[C@]2(C)CO)[C@@H]1C[C@@H](O)[C@H]1C(=O)OC[C@H]1O. The normalized spacial score (nSPS) is 47.4. The van der Waals surface area contributed by atoms with Crippen molar-refractivity contribution in [2.24, 2.45) is 28.6 Å². The fourth-order valence-corrected chi connectivity index (χ4v) is 5.96. The Morgan fingerprint density at radius 2 is 2.00 bits per heavy atom. The molecule has 0 amide bonds. The van der Waals surface area contributed by atoms with E-state index >= 15 is 0 Å². The summed E-state index contributed by atoms with van der Waals surface area (Å²) in [6.07, 6.45) is 0.815. The molecule has 0 radical (unpaired) electrons. The van der Waals surface area contributed by atoms with E-state index in [0.717, 1.165) is 24.8 Å². The van der Waals surface area contributed by atoms with Crippen molar-refractivity contribution >= 4 is 5.97 Å². The first-order valence-corrected chi connectivity index (χ1v) is 9.64. The number of carbonyl (C=O) groups is 1. The van der Waals surface area contributed by atoms with Crippen LogP contribution in [0.2, 0.25) is 0 Å². The number of allylic oxidation sites excluding steroid dienone is 1. The average molecular weight is 368 g/mol. The lowest BCUT2D eigenvalue weighted by Crippen LogP contribution is -2.58. The highest BCUT2D eigenvalue weighted by Crippen LogP contribution is 2.61. The summed E-state index contributed by atoms with van der Waals surface area (Å²) in [5.74, 6) is -1.39. The van der Waals surface area contributed by atoms with Gasteiger partial charge in [0.05, 0.1) is 18.8 Å². The number of esters is 1. The molecule has 0 unspecified atom stereocenters. The molecule has 26 heavy (non-hydrogen) atoms. The first kappa shape index (κ1) is 19.8. The van der Waals surface area contributed by atoms with Gasteiger partial charge in [-0.15, -0.1) is 0 Å². The molecule has 0 aromatic rings. The van der Waals surface area contributed by atoms with Gasteiger partial charge < -0.3 is 25.2 Å². The lowest BCUT2D eigenvalue weighted by atomic mass is 9.46. The van der Waals surface area contributed by atoms with Crippen LogP contribution in [0.3, 0.4) is 0 Å². The maximum Gasteiger partial charge on any atom is 0.314 e. The molecular formula is C20H32O6. The van der Waals surface area contributed by atoms with E-state index in [-0.39, 0.29) is 30.5 Å². The molecular weight excluding hydrogens is 336 g/mol. The quantitative estimate of drug-likeness (QED) is 0.436. The Morgan fingerprint density at radius 3 is 2.58 bits per heavy atom. The molecule has 3 aliphatic rings. The fraction of sp³-hybridized carbons (Fsp3) is 0.850. The molecule has 4 N–H and O–H groups in total. The van der Waals surface area contributed by atoms with E-state index in [2.05, 4.69) is 13.5 Å². The Kier molecular flexibility index (Phi) is 5.25. The van der Waals surface area contributed by atoms with Crippen LogP contribution in [0.5, 0.6) is 0 Å². The number of hydrogen-bond donors (Lipinski definition) is 4. The van der Waals surface area contributed by atoms with Gasteiger partial charge in [-0.2, -0.15) is 0 Å². The van der Waals surface area contributed by atoms with Crippen molar-refractivity contribution in [2.45, 2.75) is 64.3 Å².